The maximum Gasteiger partial charge on any atom is 0.343 e. The summed E-state index contributed by atoms with van der Waals surface area (Å²) in [5.41, 5.74) is 3.09. The number of hydrogen-bond acceptors (Lipinski definition) is 6. The Hall–Kier alpha value is -4.40. The maximum absolute atomic E-state index is 13.1. The van der Waals surface area contributed by atoms with Crippen LogP contribution in [0.5, 0.6) is 0 Å². The Morgan fingerprint density at radius 2 is 1.78 bits per heavy atom. The summed E-state index contributed by atoms with van der Waals surface area (Å²) >= 11 is 0. The van der Waals surface area contributed by atoms with E-state index in [2.05, 4.69) is 10.4 Å². The highest BCUT2D eigenvalue weighted by Crippen LogP contribution is 2.26. The van der Waals surface area contributed by atoms with E-state index < -0.39 is 17.7 Å². The van der Waals surface area contributed by atoms with E-state index in [1.165, 1.54) is 35.1 Å². The molecule has 36 heavy (non-hydrogen) atoms. The molecular formula is C27H25FN4O4. The number of hydrogen-bond donors (Lipinski definition) is 1. The highest BCUT2D eigenvalue weighted by molar-refractivity contribution is 6.03. The number of halogens is 1. The molecule has 1 N–H and O–H groups in total. The molecule has 4 aromatic rings. The Morgan fingerprint density at radius 1 is 1.03 bits per heavy atom. The van der Waals surface area contributed by atoms with Crippen molar-refractivity contribution < 1.29 is 23.5 Å². The number of Topliss-reactive ketones (excluding diaryl/α,β-unsaturated/α-hetero) is 1. The van der Waals surface area contributed by atoms with Gasteiger partial charge in [-0.15, -0.1) is 0 Å². The molecule has 184 valence electrons. The average Bonchev–Trinajstić information content (AvgIpc) is 3.27. The Bertz CT molecular complexity index is 1460. The van der Waals surface area contributed by atoms with E-state index in [0.29, 0.717) is 11.4 Å². The Labute approximate surface area is 207 Å². The van der Waals surface area contributed by atoms with Gasteiger partial charge in [-0.2, -0.15) is 9.78 Å². The number of fused-ring (bicyclic) bond motifs is 1. The van der Waals surface area contributed by atoms with Crippen LogP contribution in [0.4, 0.5) is 10.2 Å². The van der Waals surface area contributed by atoms with Crippen LogP contribution in [0.2, 0.25) is 0 Å². The Kier molecular flexibility index (Phi) is 7.19. The number of nitrogens with zero attached hydrogens (tertiary/aromatic N) is 3. The summed E-state index contributed by atoms with van der Waals surface area (Å²) in [5.74, 6) is -1.36. The average molecular weight is 489 g/mol. The van der Waals surface area contributed by atoms with E-state index in [9.17, 15) is 18.8 Å². The number of benzene rings is 2. The van der Waals surface area contributed by atoms with Gasteiger partial charge in [0.2, 0.25) is 5.91 Å². The van der Waals surface area contributed by atoms with E-state index in [1.54, 1.807) is 6.92 Å². The van der Waals surface area contributed by atoms with E-state index in [0.717, 1.165) is 22.0 Å². The van der Waals surface area contributed by atoms with Crippen molar-refractivity contribution in [2.75, 3.05) is 11.9 Å². The minimum absolute atomic E-state index is 0.0689. The molecule has 9 heteroatoms. The topological polar surface area (TPSA) is 103 Å². The van der Waals surface area contributed by atoms with Crippen molar-refractivity contribution in [3.8, 4) is 5.82 Å². The first-order valence-corrected chi connectivity index (χ1v) is 11.5. The quantitative estimate of drug-likeness (QED) is 0.278. The van der Waals surface area contributed by atoms with Crippen LogP contribution in [-0.2, 0) is 9.53 Å². The number of pyridine rings is 1. The summed E-state index contributed by atoms with van der Waals surface area (Å²) in [7, 11) is 0. The second kappa shape index (κ2) is 10.5. The number of ether oxygens (including phenoxy) is 1. The minimum Gasteiger partial charge on any atom is -0.462 e. The lowest BCUT2D eigenvalue weighted by molar-refractivity contribution is -0.116. The third kappa shape index (κ3) is 5.14. The first-order chi connectivity index (χ1) is 17.3. The van der Waals surface area contributed by atoms with Crippen molar-refractivity contribution in [2.45, 2.75) is 33.6 Å². The molecule has 0 aliphatic rings. The van der Waals surface area contributed by atoms with Crippen LogP contribution in [0.15, 0.2) is 54.7 Å². The van der Waals surface area contributed by atoms with Gasteiger partial charge in [0.05, 0.1) is 18.3 Å². The molecule has 0 aliphatic heterocycles. The largest absolute Gasteiger partial charge is 0.462 e. The number of esters is 1. The molecule has 0 fully saturated rings. The van der Waals surface area contributed by atoms with Crippen molar-refractivity contribution in [1.82, 2.24) is 14.8 Å². The fourth-order valence-electron chi connectivity index (χ4n) is 3.85. The van der Waals surface area contributed by atoms with E-state index in [4.69, 9.17) is 9.72 Å². The van der Waals surface area contributed by atoms with Crippen molar-refractivity contribution in [3.63, 3.8) is 0 Å². The molecule has 2 aromatic carbocycles. The highest BCUT2D eigenvalue weighted by atomic mass is 19.1. The number of nitrogens with one attached hydrogen (secondary N) is 1. The van der Waals surface area contributed by atoms with Crippen molar-refractivity contribution in [3.05, 3.63) is 82.8 Å². The van der Waals surface area contributed by atoms with Crippen LogP contribution in [0.1, 0.15) is 51.6 Å². The standard InChI is InChI=1S/C27H25FN4O4/c1-4-36-27(35)21-15-29-32(23-14-17(3)20-7-5-6-16(2)25(20)30-23)26(21)31-24(34)13-12-22(33)18-8-10-19(28)11-9-18/h5-11,14-15H,4,12-13H2,1-3H3,(H,31,34). The van der Waals surface area contributed by atoms with Gasteiger partial charge in [-0.3, -0.25) is 9.59 Å². The summed E-state index contributed by atoms with van der Waals surface area (Å²) in [6, 6.07) is 12.8. The summed E-state index contributed by atoms with van der Waals surface area (Å²) in [6.07, 6.45) is 1.08. The number of anilines is 1. The number of para-hydroxylation sites is 1. The van der Waals surface area contributed by atoms with E-state index >= 15 is 0 Å². The van der Waals surface area contributed by atoms with Crippen molar-refractivity contribution in [2.24, 2.45) is 0 Å². The molecule has 0 unspecified atom stereocenters. The molecule has 0 radical (unpaired) electrons. The number of carbonyl (C=O) groups excluding carboxylic acids is 3. The molecule has 1 amide bonds. The van der Waals surface area contributed by atoms with Gasteiger partial charge in [0.1, 0.15) is 11.4 Å². The zero-order valence-corrected chi connectivity index (χ0v) is 20.2. The normalized spacial score (nSPS) is 10.9. The summed E-state index contributed by atoms with van der Waals surface area (Å²) in [5, 5.41) is 8.00. The lowest BCUT2D eigenvalue weighted by Gasteiger charge is -2.13. The fourth-order valence-corrected chi connectivity index (χ4v) is 3.85. The number of aromatic nitrogens is 3. The lowest BCUT2D eigenvalue weighted by atomic mass is 10.1. The fraction of sp³-hybridized carbons (Fsp3) is 0.222. The van der Waals surface area contributed by atoms with Gasteiger partial charge in [0.25, 0.3) is 0 Å². The van der Waals surface area contributed by atoms with Gasteiger partial charge in [-0.05, 0) is 62.2 Å². The van der Waals surface area contributed by atoms with E-state index in [1.807, 2.05) is 38.1 Å². The third-order valence-corrected chi connectivity index (χ3v) is 5.72. The zero-order valence-electron chi connectivity index (χ0n) is 20.2. The van der Waals surface area contributed by atoms with Crippen molar-refractivity contribution >= 4 is 34.4 Å². The van der Waals surface area contributed by atoms with Crippen LogP contribution in [0.3, 0.4) is 0 Å². The second-order valence-corrected chi connectivity index (χ2v) is 8.29. The van der Waals surface area contributed by atoms with Gasteiger partial charge in [0.15, 0.2) is 17.4 Å². The van der Waals surface area contributed by atoms with Crippen LogP contribution in [0, 0.1) is 19.7 Å². The summed E-state index contributed by atoms with van der Waals surface area (Å²) < 4.78 is 19.6. The molecule has 0 aliphatic carbocycles. The van der Waals surface area contributed by atoms with Crippen LogP contribution >= 0.6 is 0 Å². The molecular weight excluding hydrogens is 463 g/mol. The van der Waals surface area contributed by atoms with Gasteiger partial charge in [-0.1, -0.05) is 18.2 Å². The predicted molar refractivity (Wildman–Crippen MR) is 133 cm³/mol. The molecule has 0 bridgehead atoms. The highest BCUT2D eigenvalue weighted by Gasteiger charge is 2.23. The molecule has 0 saturated heterocycles. The Morgan fingerprint density at radius 3 is 2.50 bits per heavy atom. The molecule has 2 aromatic heterocycles. The van der Waals surface area contributed by atoms with Crippen LogP contribution in [0.25, 0.3) is 16.7 Å². The lowest BCUT2D eigenvalue weighted by Crippen LogP contribution is -2.19. The number of ketones is 1. The smallest absolute Gasteiger partial charge is 0.343 e. The molecule has 4 rings (SSSR count). The first-order valence-electron chi connectivity index (χ1n) is 11.5. The van der Waals surface area contributed by atoms with Gasteiger partial charge in [-0.25, -0.2) is 14.2 Å². The second-order valence-electron chi connectivity index (χ2n) is 8.29. The minimum atomic E-state index is -0.643. The summed E-state index contributed by atoms with van der Waals surface area (Å²) in [4.78, 5) is 42.5. The Balaban J connectivity index is 1.63. The number of carbonyl (C=O) groups is 3. The first kappa shape index (κ1) is 24.7. The molecule has 0 spiro atoms. The molecule has 0 atom stereocenters. The number of amides is 1. The summed E-state index contributed by atoms with van der Waals surface area (Å²) in [6.45, 7) is 5.73. The predicted octanol–water partition coefficient (Wildman–Crippen LogP) is 4.95. The number of rotatable bonds is 8. The van der Waals surface area contributed by atoms with Crippen molar-refractivity contribution in [1.29, 1.82) is 0 Å². The van der Waals surface area contributed by atoms with Gasteiger partial charge >= 0.3 is 5.97 Å². The SMILES string of the molecule is CCOC(=O)c1cnn(-c2cc(C)c3cccc(C)c3n2)c1NC(=O)CCC(=O)c1ccc(F)cc1. The van der Waals surface area contributed by atoms with Crippen LogP contribution in [-0.4, -0.2) is 39.0 Å². The van der Waals surface area contributed by atoms with Gasteiger partial charge in [0, 0.05) is 23.8 Å². The molecule has 0 saturated carbocycles. The monoisotopic (exact) mass is 488 g/mol. The zero-order chi connectivity index (χ0) is 25.8. The maximum atomic E-state index is 13.1. The van der Waals surface area contributed by atoms with Gasteiger partial charge < -0.3 is 10.1 Å². The van der Waals surface area contributed by atoms with E-state index in [-0.39, 0.29) is 36.6 Å². The molecule has 8 nitrogen and oxygen atoms in total. The third-order valence-electron chi connectivity index (χ3n) is 5.72. The molecule has 2 heterocycles. The number of aryl methyl sites for hydroxylation is 2. The van der Waals surface area contributed by atoms with Crippen LogP contribution < -0.4 is 5.32 Å².